The van der Waals surface area contributed by atoms with E-state index in [0.717, 1.165) is 11.1 Å². The molecule has 1 aliphatic rings. The Morgan fingerprint density at radius 3 is 2.67 bits per heavy atom. The van der Waals surface area contributed by atoms with Crippen LogP contribution in [0.5, 0.6) is 0 Å². The van der Waals surface area contributed by atoms with Crippen molar-refractivity contribution in [1.29, 1.82) is 0 Å². The predicted molar refractivity (Wildman–Crippen MR) is 78.9 cm³/mol. The summed E-state index contributed by atoms with van der Waals surface area (Å²) in [5.74, 6) is -1.14. The zero-order valence-electron chi connectivity index (χ0n) is 11.9. The molecule has 1 unspecified atom stereocenters. The first-order chi connectivity index (χ1) is 9.94. The maximum atomic E-state index is 12.3. The quantitative estimate of drug-likeness (QED) is 0.824. The van der Waals surface area contributed by atoms with E-state index in [0.29, 0.717) is 19.4 Å². The van der Waals surface area contributed by atoms with E-state index in [2.05, 4.69) is 4.72 Å². The maximum absolute atomic E-state index is 12.3. The molecule has 116 valence electrons. The second kappa shape index (κ2) is 6.55. The van der Waals surface area contributed by atoms with Gasteiger partial charge in [0.05, 0.1) is 0 Å². The molecule has 0 spiro atoms. The van der Waals surface area contributed by atoms with Crippen LogP contribution in [0.15, 0.2) is 24.3 Å². The lowest BCUT2D eigenvalue weighted by molar-refractivity contribution is -0.139. The third kappa shape index (κ3) is 3.81. The lowest BCUT2D eigenvalue weighted by Gasteiger charge is -2.29. The number of rotatable bonds is 6. The van der Waals surface area contributed by atoms with Crippen LogP contribution in [0.4, 0.5) is 0 Å². The van der Waals surface area contributed by atoms with Gasteiger partial charge in [-0.1, -0.05) is 37.6 Å². The fourth-order valence-electron chi connectivity index (χ4n) is 2.45. The molecule has 0 aromatic heterocycles. The topological polar surface area (TPSA) is 86.7 Å². The average molecular weight is 312 g/mol. The van der Waals surface area contributed by atoms with E-state index < -0.39 is 22.2 Å². The summed E-state index contributed by atoms with van der Waals surface area (Å²) in [6, 6.07) is 6.63. The SMILES string of the molecule is CCCC(NS(=O)(=O)N1CCc2ccccc2C1)C(=O)O. The van der Waals surface area contributed by atoms with Gasteiger partial charge in [-0.3, -0.25) is 4.79 Å². The van der Waals surface area contributed by atoms with Crippen molar-refractivity contribution in [2.45, 2.75) is 38.8 Å². The number of carbonyl (C=O) groups is 1. The molecule has 1 aromatic rings. The predicted octanol–water partition coefficient (Wildman–Crippen LogP) is 1.13. The number of aliphatic carboxylic acids is 1. The Kier molecular flexibility index (Phi) is 4.97. The Balaban J connectivity index is 2.12. The van der Waals surface area contributed by atoms with Crippen molar-refractivity contribution in [2.75, 3.05) is 6.54 Å². The van der Waals surface area contributed by atoms with Crippen molar-refractivity contribution in [3.05, 3.63) is 35.4 Å². The first kappa shape index (κ1) is 15.9. The van der Waals surface area contributed by atoms with Crippen molar-refractivity contribution in [1.82, 2.24) is 9.03 Å². The number of carboxylic acid groups (broad SMARTS) is 1. The summed E-state index contributed by atoms with van der Waals surface area (Å²) in [6.07, 6.45) is 1.52. The lowest BCUT2D eigenvalue weighted by atomic mass is 10.0. The third-order valence-electron chi connectivity index (χ3n) is 3.60. The van der Waals surface area contributed by atoms with Gasteiger partial charge in [0.15, 0.2) is 0 Å². The van der Waals surface area contributed by atoms with Gasteiger partial charge in [0.25, 0.3) is 10.2 Å². The smallest absolute Gasteiger partial charge is 0.321 e. The number of benzene rings is 1. The van der Waals surface area contributed by atoms with E-state index in [1.165, 1.54) is 4.31 Å². The number of nitrogens with zero attached hydrogens (tertiary/aromatic N) is 1. The molecule has 0 amide bonds. The van der Waals surface area contributed by atoms with E-state index in [1.54, 1.807) is 0 Å². The summed E-state index contributed by atoms with van der Waals surface area (Å²) < 4.78 is 28.3. The van der Waals surface area contributed by atoms with Crippen LogP contribution in [0.3, 0.4) is 0 Å². The van der Waals surface area contributed by atoms with Gasteiger partial charge < -0.3 is 5.11 Å². The maximum Gasteiger partial charge on any atom is 0.321 e. The Labute approximate surface area is 125 Å². The molecule has 21 heavy (non-hydrogen) atoms. The van der Waals surface area contributed by atoms with Crippen molar-refractivity contribution in [3.8, 4) is 0 Å². The van der Waals surface area contributed by atoms with Gasteiger partial charge in [-0.2, -0.15) is 17.4 Å². The zero-order chi connectivity index (χ0) is 15.5. The van der Waals surface area contributed by atoms with E-state index in [1.807, 2.05) is 31.2 Å². The summed E-state index contributed by atoms with van der Waals surface area (Å²) in [5, 5.41) is 9.08. The normalized spacial score (nSPS) is 17.2. The number of hydrogen-bond donors (Lipinski definition) is 2. The Bertz CT molecular complexity index is 615. The number of hydrogen-bond acceptors (Lipinski definition) is 3. The number of fused-ring (bicyclic) bond motifs is 1. The molecule has 2 rings (SSSR count). The van der Waals surface area contributed by atoms with Gasteiger partial charge in [-0.05, 0) is 24.0 Å². The minimum absolute atomic E-state index is 0.277. The first-order valence-electron chi connectivity index (χ1n) is 7.01. The minimum atomic E-state index is -3.79. The highest BCUT2D eigenvalue weighted by atomic mass is 32.2. The van der Waals surface area contributed by atoms with Crippen LogP contribution in [0.2, 0.25) is 0 Å². The molecule has 0 radical (unpaired) electrons. The van der Waals surface area contributed by atoms with Crippen LogP contribution in [-0.4, -0.2) is 36.4 Å². The van der Waals surface area contributed by atoms with Crippen LogP contribution in [0, 0.1) is 0 Å². The standard InChI is InChI=1S/C14H20N2O4S/c1-2-5-13(14(17)18)15-21(19,20)16-9-8-11-6-3-4-7-12(11)10-16/h3-4,6-7,13,15H,2,5,8-10H2,1H3,(H,17,18). The highest BCUT2D eigenvalue weighted by molar-refractivity contribution is 7.87. The average Bonchev–Trinajstić information content (AvgIpc) is 2.46. The summed E-state index contributed by atoms with van der Waals surface area (Å²) >= 11 is 0. The van der Waals surface area contributed by atoms with Gasteiger partial charge >= 0.3 is 5.97 Å². The highest BCUT2D eigenvalue weighted by Crippen LogP contribution is 2.20. The van der Waals surface area contributed by atoms with Crippen LogP contribution >= 0.6 is 0 Å². The van der Waals surface area contributed by atoms with Gasteiger partial charge in [-0.15, -0.1) is 0 Å². The molecule has 1 aliphatic heterocycles. The highest BCUT2D eigenvalue weighted by Gasteiger charge is 2.30. The summed E-state index contributed by atoms with van der Waals surface area (Å²) in [7, 11) is -3.79. The van der Waals surface area contributed by atoms with E-state index in [9.17, 15) is 13.2 Å². The van der Waals surface area contributed by atoms with E-state index in [4.69, 9.17) is 5.11 Å². The first-order valence-corrected chi connectivity index (χ1v) is 8.45. The minimum Gasteiger partial charge on any atom is -0.480 e. The zero-order valence-corrected chi connectivity index (χ0v) is 12.8. The van der Waals surface area contributed by atoms with Crippen LogP contribution in [0.1, 0.15) is 30.9 Å². The second-order valence-corrected chi connectivity index (χ2v) is 6.86. The van der Waals surface area contributed by atoms with E-state index >= 15 is 0 Å². The third-order valence-corrected chi connectivity index (χ3v) is 5.18. The van der Waals surface area contributed by atoms with Crippen LogP contribution in [-0.2, 0) is 28.0 Å². The van der Waals surface area contributed by atoms with Crippen LogP contribution in [0.25, 0.3) is 0 Å². The summed E-state index contributed by atoms with van der Waals surface area (Å²) in [4.78, 5) is 11.1. The summed E-state index contributed by atoms with van der Waals surface area (Å²) in [5.41, 5.74) is 2.11. The number of carboxylic acids is 1. The molecule has 1 heterocycles. The van der Waals surface area contributed by atoms with Gasteiger partial charge in [0.1, 0.15) is 6.04 Å². The van der Waals surface area contributed by atoms with Crippen LogP contribution < -0.4 is 4.72 Å². The second-order valence-electron chi connectivity index (χ2n) is 5.15. The van der Waals surface area contributed by atoms with E-state index in [-0.39, 0.29) is 13.0 Å². The molecule has 7 heteroatoms. The van der Waals surface area contributed by atoms with Crippen molar-refractivity contribution in [2.24, 2.45) is 0 Å². The number of nitrogens with one attached hydrogen (secondary N) is 1. The largest absolute Gasteiger partial charge is 0.480 e. The molecular formula is C14H20N2O4S. The monoisotopic (exact) mass is 312 g/mol. The van der Waals surface area contributed by atoms with Crippen molar-refractivity contribution < 1.29 is 18.3 Å². The molecule has 1 atom stereocenters. The van der Waals surface area contributed by atoms with Gasteiger partial charge in [0.2, 0.25) is 0 Å². The van der Waals surface area contributed by atoms with Gasteiger partial charge in [0, 0.05) is 13.1 Å². The molecule has 6 nitrogen and oxygen atoms in total. The fraction of sp³-hybridized carbons (Fsp3) is 0.500. The molecule has 0 fully saturated rings. The fourth-order valence-corrected chi connectivity index (χ4v) is 3.82. The Hall–Kier alpha value is -1.44. The molecule has 0 saturated heterocycles. The molecule has 2 N–H and O–H groups in total. The Morgan fingerprint density at radius 2 is 2.05 bits per heavy atom. The molecule has 0 bridgehead atoms. The lowest BCUT2D eigenvalue weighted by Crippen LogP contribution is -2.49. The Morgan fingerprint density at radius 1 is 1.38 bits per heavy atom. The molecular weight excluding hydrogens is 292 g/mol. The molecule has 1 aromatic carbocycles. The van der Waals surface area contributed by atoms with Gasteiger partial charge in [-0.25, -0.2) is 0 Å². The van der Waals surface area contributed by atoms with Crippen molar-refractivity contribution >= 4 is 16.2 Å². The molecule has 0 saturated carbocycles. The summed E-state index contributed by atoms with van der Waals surface area (Å²) in [6.45, 7) is 2.47. The van der Waals surface area contributed by atoms with Crippen molar-refractivity contribution in [3.63, 3.8) is 0 Å². The molecule has 0 aliphatic carbocycles.